The van der Waals surface area contributed by atoms with Crippen LogP contribution < -0.4 is 18.9 Å². The molecule has 1 amide bonds. The maximum atomic E-state index is 13.0. The van der Waals surface area contributed by atoms with E-state index < -0.39 is 0 Å². The molecule has 0 bridgehead atoms. The molecule has 0 spiro atoms. The van der Waals surface area contributed by atoms with Crippen LogP contribution in [0, 0.1) is 0 Å². The topological polar surface area (TPSA) is 57.2 Å². The van der Waals surface area contributed by atoms with Crippen molar-refractivity contribution in [1.82, 2.24) is 4.90 Å². The van der Waals surface area contributed by atoms with Gasteiger partial charge in [-0.25, -0.2) is 0 Å². The Morgan fingerprint density at radius 2 is 1.73 bits per heavy atom. The van der Waals surface area contributed by atoms with Gasteiger partial charge in [-0.1, -0.05) is 6.07 Å². The van der Waals surface area contributed by atoms with Gasteiger partial charge in [0.2, 0.25) is 5.91 Å². The van der Waals surface area contributed by atoms with E-state index in [1.807, 2.05) is 54.3 Å². The van der Waals surface area contributed by atoms with Gasteiger partial charge in [0, 0.05) is 17.7 Å². The Kier molecular flexibility index (Phi) is 7.22. The van der Waals surface area contributed by atoms with E-state index in [-0.39, 0.29) is 11.9 Å². The van der Waals surface area contributed by atoms with Crippen molar-refractivity contribution in [2.24, 2.45) is 0 Å². The quantitative estimate of drug-likeness (QED) is 0.545. The van der Waals surface area contributed by atoms with Crippen LogP contribution in [0.1, 0.15) is 30.9 Å². The average Bonchev–Trinajstić information content (AvgIpc) is 3.61. The summed E-state index contributed by atoms with van der Waals surface area (Å²) in [6, 6.07) is 11.5. The highest BCUT2D eigenvalue weighted by Gasteiger charge is 2.32. The molecule has 1 aliphatic carbocycles. The molecule has 30 heavy (non-hydrogen) atoms. The van der Waals surface area contributed by atoms with Crippen molar-refractivity contribution in [1.29, 1.82) is 0 Å². The van der Waals surface area contributed by atoms with E-state index in [2.05, 4.69) is 0 Å². The highest BCUT2D eigenvalue weighted by Crippen LogP contribution is 2.33. The summed E-state index contributed by atoms with van der Waals surface area (Å²) < 4.78 is 21.7. The summed E-state index contributed by atoms with van der Waals surface area (Å²) in [5.74, 6) is 2.79. The fraction of sp³-hybridized carbons (Fsp3) is 0.375. The summed E-state index contributed by atoms with van der Waals surface area (Å²) in [6.45, 7) is 2.94. The number of amides is 1. The molecule has 0 saturated heterocycles. The van der Waals surface area contributed by atoms with Gasteiger partial charge in [0.25, 0.3) is 0 Å². The van der Waals surface area contributed by atoms with Gasteiger partial charge in [0.15, 0.2) is 11.5 Å². The molecule has 0 N–H and O–H groups in total. The van der Waals surface area contributed by atoms with Gasteiger partial charge in [-0.05, 0) is 61.7 Å². The fourth-order valence-electron chi connectivity index (χ4n) is 3.29. The van der Waals surface area contributed by atoms with E-state index in [1.54, 1.807) is 27.4 Å². The molecule has 6 nitrogen and oxygen atoms in total. The normalized spacial score (nSPS) is 13.2. The van der Waals surface area contributed by atoms with Gasteiger partial charge < -0.3 is 23.8 Å². The second-order valence-corrected chi connectivity index (χ2v) is 7.05. The molecule has 0 heterocycles. The van der Waals surface area contributed by atoms with Gasteiger partial charge in [0.1, 0.15) is 11.5 Å². The lowest BCUT2D eigenvalue weighted by Gasteiger charge is -2.22. The van der Waals surface area contributed by atoms with Crippen LogP contribution in [0.15, 0.2) is 42.5 Å². The molecule has 2 aromatic carbocycles. The van der Waals surface area contributed by atoms with E-state index in [9.17, 15) is 4.79 Å². The van der Waals surface area contributed by atoms with E-state index in [0.29, 0.717) is 24.7 Å². The standard InChI is InChI=1S/C24H29NO5/c1-5-30-23-14-17(6-11-22(23)29-4)7-13-24(26)25(19-8-9-19)16-18-15-20(27-2)10-12-21(18)28-3/h6-7,10-15,19H,5,8-9,16H2,1-4H3/b13-7+. The highest BCUT2D eigenvalue weighted by atomic mass is 16.5. The van der Waals surface area contributed by atoms with Crippen molar-refractivity contribution >= 4 is 12.0 Å². The second-order valence-electron chi connectivity index (χ2n) is 7.05. The first-order valence-corrected chi connectivity index (χ1v) is 10.1. The Bertz CT molecular complexity index is 904. The number of hydrogen-bond acceptors (Lipinski definition) is 5. The third-order valence-electron chi connectivity index (χ3n) is 5.00. The first-order valence-electron chi connectivity index (χ1n) is 10.1. The lowest BCUT2D eigenvalue weighted by Crippen LogP contribution is -2.31. The third kappa shape index (κ3) is 5.26. The van der Waals surface area contributed by atoms with Crippen LogP contribution in [0.4, 0.5) is 0 Å². The number of carbonyl (C=O) groups is 1. The Balaban J connectivity index is 1.78. The molecule has 0 aromatic heterocycles. The fourth-order valence-corrected chi connectivity index (χ4v) is 3.29. The van der Waals surface area contributed by atoms with Crippen molar-refractivity contribution in [2.75, 3.05) is 27.9 Å². The molecule has 160 valence electrons. The summed E-state index contributed by atoms with van der Waals surface area (Å²) >= 11 is 0. The minimum atomic E-state index is -0.0313. The number of rotatable bonds is 10. The van der Waals surface area contributed by atoms with Crippen LogP contribution in [0.2, 0.25) is 0 Å². The van der Waals surface area contributed by atoms with E-state index in [1.165, 1.54) is 0 Å². The number of ether oxygens (including phenoxy) is 4. The summed E-state index contributed by atoms with van der Waals surface area (Å²) in [5, 5.41) is 0. The summed E-state index contributed by atoms with van der Waals surface area (Å²) in [7, 11) is 4.87. The second kappa shape index (κ2) is 10.1. The van der Waals surface area contributed by atoms with Crippen LogP contribution in [0.25, 0.3) is 6.08 Å². The lowest BCUT2D eigenvalue weighted by molar-refractivity contribution is -0.127. The maximum Gasteiger partial charge on any atom is 0.247 e. The van der Waals surface area contributed by atoms with Crippen LogP contribution in [0.5, 0.6) is 23.0 Å². The number of hydrogen-bond donors (Lipinski definition) is 0. The SMILES string of the molecule is CCOc1cc(/C=C/C(=O)N(Cc2cc(OC)ccc2OC)C2CC2)ccc1OC. The van der Waals surface area contributed by atoms with Crippen molar-refractivity contribution in [3.63, 3.8) is 0 Å². The summed E-state index contributed by atoms with van der Waals surface area (Å²) in [5.41, 5.74) is 1.80. The van der Waals surface area contributed by atoms with Crippen molar-refractivity contribution in [3.05, 3.63) is 53.6 Å². The predicted molar refractivity (Wildman–Crippen MR) is 116 cm³/mol. The Morgan fingerprint density at radius 3 is 2.37 bits per heavy atom. The molecular formula is C24H29NO5. The minimum absolute atomic E-state index is 0.0313. The van der Waals surface area contributed by atoms with Crippen molar-refractivity contribution < 1.29 is 23.7 Å². The van der Waals surface area contributed by atoms with E-state index in [0.717, 1.165) is 35.5 Å². The van der Waals surface area contributed by atoms with Gasteiger partial charge in [-0.3, -0.25) is 4.79 Å². The van der Waals surface area contributed by atoms with Gasteiger partial charge in [-0.2, -0.15) is 0 Å². The van der Waals surface area contributed by atoms with E-state index >= 15 is 0 Å². The summed E-state index contributed by atoms with van der Waals surface area (Å²) in [4.78, 5) is 14.9. The largest absolute Gasteiger partial charge is 0.497 e. The Hall–Kier alpha value is -3.15. The number of methoxy groups -OCH3 is 3. The summed E-state index contributed by atoms with van der Waals surface area (Å²) in [6.07, 6.45) is 5.46. The van der Waals surface area contributed by atoms with Gasteiger partial charge >= 0.3 is 0 Å². The zero-order valence-electron chi connectivity index (χ0n) is 18.0. The van der Waals surface area contributed by atoms with Crippen molar-refractivity contribution in [2.45, 2.75) is 32.4 Å². The predicted octanol–water partition coefficient (Wildman–Crippen LogP) is 4.32. The monoisotopic (exact) mass is 411 g/mol. The number of nitrogens with zero attached hydrogens (tertiary/aromatic N) is 1. The molecule has 0 atom stereocenters. The maximum absolute atomic E-state index is 13.0. The van der Waals surface area contributed by atoms with Crippen LogP contribution in [-0.2, 0) is 11.3 Å². The first-order chi connectivity index (χ1) is 14.6. The number of benzene rings is 2. The molecular weight excluding hydrogens is 382 g/mol. The molecule has 1 saturated carbocycles. The number of carbonyl (C=O) groups excluding carboxylic acids is 1. The zero-order valence-corrected chi connectivity index (χ0v) is 18.0. The molecule has 6 heteroatoms. The molecule has 0 aliphatic heterocycles. The van der Waals surface area contributed by atoms with Gasteiger partial charge in [-0.15, -0.1) is 0 Å². The molecule has 1 fully saturated rings. The Morgan fingerprint density at radius 1 is 1.00 bits per heavy atom. The van der Waals surface area contributed by atoms with E-state index in [4.69, 9.17) is 18.9 Å². The van der Waals surface area contributed by atoms with Crippen LogP contribution in [0.3, 0.4) is 0 Å². The minimum Gasteiger partial charge on any atom is -0.497 e. The molecule has 0 radical (unpaired) electrons. The molecule has 3 rings (SSSR count). The smallest absolute Gasteiger partial charge is 0.247 e. The average molecular weight is 411 g/mol. The Labute approximate surface area is 178 Å². The lowest BCUT2D eigenvalue weighted by atomic mass is 10.1. The first kappa shape index (κ1) is 21.6. The highest BCUT2D eigenvalue weighted by molar-refractivity contribution is 5.92. The molecule has 0 unspecified atom stereocenters. The van der Waals surface area contributed by atoms with Crippen molar-refractivity contribution in [3.8, 4) is 23.0 Å². The molecule has 2 aromatic rings. The van der Waals surface area contributed by atoms with Gasteiger partial charge in [0.05, 0.1) is 34.5 Å². The molecule has 1 aliphatic rings. The van der Waals surface area contributed by atoms with Crippen LogP contribution >= 0.6 is 0 Å². The third-order valence-corrected chi connectivity index (χ3v) is 5.00. The zero-order chi connectivity index (χ0) is 21.5. The van der Waals surface area contributed by atoms with Crippen LogP contribution in [-0.4, -0.2) is 44.8 Å².